The monoisotopic (exact) mass is 306 g/mol. The molecule has 0 aliphatic heterocycles. The number of thiophene rings is 1. The third-order valence-corrected chi connectivity index (χ3v) is 4.34. The second-order valence-electron chi connectivity index (χ2n) is 6.60. The first-order valence-corrected chi connectivity index (χ1v) is 8.12. The third kappa shape index (κ3) is 5.26. The fourth-order valence-electron chi connectivity index (χ4n) is 2.07. The van der Waals surface area contributed by atoms with Gasteiger partial charge in [-0.05, 0) is 40.0 Å². The van der Waals surface area contributed by atoms with Gasteiger partial charge in [-0.3, -0.25) is 4.90 Å². The van der Waals surface area contributed by atoms with E-state index in [1.807, 2.05) is 30.8 Å². The molecular weight excluding hydrogens is 280 g/mol. The Morgan fingerprint density at radius 2 is 1.95 bits per heavy atom. The van der Waals surface area contributed by atoms with E-state index in [2.05, 4.69) is 59.7 Å². The van der Waals surface area contributed by atoms with E-state index in [9.17, 15) is 0 Å². The predicted molar refractivity (Wildman–Crippen MR) is 89.3 cm³/mol. The summed E-state index contributed by atoms with van der Waals surface area (Å²) in [6.45, 7) is 9.37. The van der Waals surface area contributed by atoms with Crippen molar-refractivity contribution in [3.8, 4) is 0 Å². The summed E-state index contributed by atoms with van der Waals surface area (Å²) in [5.74, 6) is 1.10. The summed E-state index contributed by atoms with van der Waals surface area (Å²) in [5.41, 5.74) is 0.166. The standard InChI is InChI=1S/C16H26N4S/c1-16(2,3)18-10-13-6-7-14(21-13)11-19(4)12-15-17-8-9-20(15)5/h6-9,18H,10-12H2,1-5H3. The predicted octanol–water partition coefficient (Wildman–Crippen LogP) is 3.00. The van der Waals surface area contributed by atoms with Crippen LogP contribution in [-0.4, -0.2) is 27.0 Å². The van der Waals surface area contributed by atoms with Gasteiger partial charge in [0.05, 0.1) is 6.54 Å². The van der Waals surface area contributed by atoms with Gasteiger partial charge in [-0.2, -0.15) is 0 Å². The number of hydrogen-bond acceptors (Lipinski definition) is 4. The van der Waals surface area contributed by atoms with Crippen LogP contribution in [0.4, 0.5) is 0 Å². The van der Waals surface area contributed by atoms with Crippen LogP contribution in [0, 0.1) is 0 Å². The average molecular weight is 306 g/mol. The fourth-order valence-corrected chi connectivity index (χ4v) is 3.10. The van der Waals surface area contributed by atoms with Gasteiger partial charge >= 0.3 is 0 Å². The van der Waals surface area contributed by atoms with Gasteiger partial charge in [0.1, 0.15) is 5.82 Å². The Kier molecular flexibility index (Phi) is 5.19. The van der Waals surface area contributed by atoms with Gasteiger partial charge in [-0.15, -0.1) is 11.3 Å². The van der Waals surface area contributed by atoms with Crippen LogP contribution in [0.1, 0.15) is 36.3 Å². The molecule has 0 atom stereocenters. The van der Waals surface area contributed by atoms with Crippen LogP contribution in [0.15, 0.2) is 24.5 Å². The summed E-state index contributed by atoms with van der Waals surface area (Å²) in [6.07, 6.45) is 3.84. The minimum Gasteiger partial charge on any atom is -0.337 e. The molecule has 116 valence electrons. The number of aromatic nitrogens is 2. The van der Waals surface area contributed by atoms with E-state index in [0.717, 1.165) is 25.5 Å². The van der Waals surface area contributed by atoms with Crippen molar-refractivity contribution in [2.45, 2.75) is 45.9 Å². The lowest BCUT2D eigenvalue weighted by Gasteiger charge is -2.19. The highest BCUT2D eigenvalue weighted by molar-refractivity contribution is 7.11. The van der Waals surface area contributed by atoms with Gasteiger partial charge in [-0.25, -0.2) is 4.98 Å². The number of hydrogen-bond donors (Lipinski definition) is 1. The Hall–Kier alpha value is -1.17. The zero-order valence-corrected chi connectivity index (χ0v) is 14.5. The quantitative estimate of drug-likeness (QED) is 0.890. The number of aryl methyl sites for hydroxylation is 1. The van der Waals surface area contributed by atoms with Crippen LogP contribution in [0.5, 0.6) is 0 Å². The van der Waals surface area contributed by atoms with Crippen LogP contribution in [-0.2, 0) is 26.7 Å². The van der Waals surface area contributed by atoms with E-state index in [1.165, 1.54) is 9.75 Å². The number of nitrogens with one attached hydrogen (secondary N) is 1. The topological polar surface area (TPSA) is 33.1 Å². The first-order chi connectivity index (χ1) is 9.83. The van der Waals surface area contributed by atoms with E-state index >= 15 is 0 Å². The summed E-state index contributed by atoms with van der Waals surface area (Å²) in [5, 5.41) is 3.53. The van der Waals surface area contributed by atoms with Gasteiger partial charge in [0.25, 0.3) is 0 Å². The lowest BCUT2D eigenvalue weighted by Crippen LogP contribution is -2.34. The Morgan fingerprint density at radius 3 is 2.57 bits per heavy atom. The Morgan fingerprint density at radius 1 is 1.24 bits per heavy atom. The minimum atomic E-state index is 0.166. The van der Waals surface area contributed by atoms with Crippen molar-refractivity contribution in [3.63, 3.8) is 0 Å². The number of nitrogens with zero attached hydrogens (tertiary/aromatic N) is 3. The molecule has 0 aliphatic carbocycles. The van der Waals surface area contributed by atoms with Crippen molar-refractivity contribution in [1.82, 2.24) is 19.8 Å². The van der Waals surface area contributed by atoms with Crippen molar-refractivity contribution >= 4 is 11.3 Å². The van der Waals surface area contributed by atoms with Gasteiger partial charge in [0.15, 0.2) is 0 Å². The van der Waals surface area contributed by atoms with Gasteiger partial charge < -0.3 is 9.88 Å². The lowest BCUT2D eigenvalue weighted by atomic mass is 10.1. The SMILES string of the molecule is CN(Cc1ccc(CNC(C)(C)C)s1)Cc1nccn1C. The summed E-state index contributed by atoms with van der Waals surface area (Å²) in [4.78, 5) is 9.47. The molecule has 0 radical (unpaired) electrons. The molecule has 0 aromatic carbocycles. The van der Waals surface area contributed by atoms with Gasteiger partial charge in [-0.1, -0.05) is 0 Å². The largest absolute Gasteiger partial charge is 0.337 e. The molecule has 1 N–H and O–H groups in total. The van der Waals surface area contributed by atoms with Crippen molar-refractivity contribution in [3.05, 3.63) is 40.1 Å². The van der Waals surface area contributed by atoms with Crippen LogP contribution in [0.25, 0.3) is 0 Å². The van der Waals surface area contributed by atoms with E-state index in [4.69, 9.17) is 0 Å². The summed E-state index contributed by atoms with van der Waals surface area (Å²) >= 11 is 1.89. The second-order valence-corrected chi connectivity index (χ2v) is 7.85. The normalized spacial score (nSPS) is 12.3. The average Bonchev–Trinajstić information content (AvgIpc) is 2.96. The maximum atomic E-state index is 4.37. The van der Waals surface area contributed by atoms with Gasteiger partial charge in [0.2, 0.25) is 0 Å². The summed E-state index contributed by atoms with van der Waals surface area (Å²) < 4.78 is 2.07. The van der Waals surface area contributed by atoms with Crippen LogP contribution in [0.2, 0.25) is 0 Å². The summed E-state index contributed by atoms with van der Waals surface area (Å²) in [6, 6.07) is 4.46. The van der Waals surface area contributed by atoms with Crippen molar-refractivity contribution in [2.24, 2.45) is 7.05 Å². The molecule has 2 heterocycles. The molecule has 0 unspecified atom stereocenters. The first-order valence-electron chi connectivity index (χ1n) is 7.31. The molecule has 0 fully saturated rings. The molecule has 0 bridgehead atoms. The Balaban J connectivity index is 1.86. The highest BCUT2D eigenvalue weighted by Gasteiger charge is 2.10. The molecule has 0 amide bonds. The molecule has 2 aromatic rings. The van der Waals surface area contributed by atoms with Crippen molar-refractivity contribution in [2.75, 3.05) is 7.05 Å². The highest BCUT2D eigenvalue weighted by atomic mass is 32.1. The number of imidazole rings is 1. The van der Waals surface area contributed by atoms with Crippen LogP contribution < -0.4 is 5.32 Å². The molecule has 0 spiro atoms. The molecule has 0 saturated heterocycles. The highest BCUT2D eigenvalue weighted by Crippen LogP contribution is 2.19. The number of rotatable bonds is 6. The lowest BCUT2D eigenvalue weighted by molar-refractivity contribution is 0.310. The fraction of sp³-hybridized carbons (Fsp3) is 0.562. The van der Waals surface area contributed by atoms with Crippen molar-refractivity contribution in [1.29, 1.82) is 0 Å². The molecule has 5 heteroatoms. The second kappa shape index (κ2) is 6.73. The minimum absolute atomic E-state index is 0.166. The maximum Gasteiger partial charge on any atom is 0.122 e. The summed E-state index contributed by atoms with van der Waals surface area (Å²) in [7, 11) is 4.18. The molecule has 0 aliphatic rings. The van der Waals surface area contributed by atoms with E-state index in [0.29, 0.717) is 0 Å². The van der Waals surface area contributed by atoms with Crippen molar-refractivity contribution < 1.29 is 0 Å². The molecule has 21 heavy (non-hydrogen) atoms. The maximum absolute atomic E-state index is 4.37. The third-order valence-electron chi connectivity index (χ3n) is 3.27. The van der Waals surface area contributed by atoms with E-state index in [1.54, 1.807) is 0 Å². The zero-order valence-electron chi connectivity index (χ0n) is 13.7. The Labute approximate surface area is 131 Å². The van der Waals surface area contributed by atoms with Crippen LogP contribution in [0.3, 0.4) is 0 Å². The Bertz CT molecular complexity index is 565. The molecule has 0 saturated carbocycles. The van der Waals surface area contributed by atoms with Crippen LogP contribution >= 0.6 is 11.3 Å². The zero-order chi connectivity index (χ0) is 15.5. The molecule has 4 nitrogen and oxygen atoms in total. The van der Waals surface area contributed by atoms with E-state index in [-0.39, 0.29) is 5.54 Å². The molecular formula is C16H26N4S. The van der Waals surface area contributed by atoms with E-state index < -0.39 is 0 Å². The smallest absolute Gasteiger partial charge is 0.122 e. The van der Waals surface area contributed by atoms with Gasteiger partial charge in [0, 0.05) is 47.8 Å². The molecule has 2 aromatic heterocycles. The first kappa shape index (κ1) is 16.2. The molecule has 2 rings (SSSR count).